The number of nitrogens with two attached hydrogens (primary N) is 1. The van der Waals surface area contributed by atoms with Crippen LogP contribution in [0.2, 0.25) is 0 Å². The second-order valence-corrected chi connectivity index (χ2v) is 4.66. The summed E-state index contributed by atoms with van der Waals surface area (Å²) in [6.45, 7) is 0. The van der Waals surface area contributed by atoms with E-state index in [1.807, 2.05) is 24.3 Å². The number of thiocarbonyl (C=S) groups is 1. The Hall–Kier alpha value is -1.07. The first-order valence-electron chi connectivity index (χ1n) is 4.80. The minimum Gasteiger partial charge on any atom is -0.389 e. The lowest BCUT2D eigenvalue weighted by Gasteiger charge is -2.04. The van der Waals surface area contributed by atoms with Gasteiger partial charge < -0.3 is 11.1 Å². The molecule has 3 nitrogen and oxygen atoms in total. The Morgan fingerprint density at radius 3 is 2.94 bits per heavy atom. The van der Waals surface area contributed by atoms with E-state index in [1.165, 1.54) is 0 Å². The number of amides is 1. The van der Waals surface area contributed by atoms with E-state index in [2.05, 4.69) is 5.32 Å². The van der Waals surface area contributed by atoms with Crippen LogP contribution >= 0.6 is 24.0 Å². The summed E-state index contributed by atoms with van der Waals surface area (Å²) < 4.78 is 0. The summed E-state index contributed by atoms with van der Waals surface area (Å²) in [6, 6.07) is 7.76. The first-order chi connectivity index (χ1) is 7.63. The molecule has 0 aliphatic heterocycles. The SMILES string of the molecule is CNC(=O)CSCc1cccc(C(N)=S)c1. The Balaban J connectivity index is 2.51. The van der Waals surface area contributed by atoms with Gasteiger partial charge in [-0.15, -0.1) is 11.8 Å². The highest BCUT2D eigenvalue weighted by Gasteiger charge is 2.01. The molecule has 0 saturated carbocycles. The van der Waals surface area contributed by atoms with Gasteiger partial charge in [0.15, 0.2) is 0 Å². The lowest BCUT2D eigenvalue weighted by molar-refractivity contribution is -0.118. The van der Waals surface area contributed by atoms with Crippen LogP contribution in [0.4, 0.5) is 0 Å². The van der Waals surface area contributed by atoms with Crippen LogP contribution in [0.15, 0.2) is 24.3 Å². The van der Waals surface area contributed by atoms with Crippen molar-refractivity contribution in [3.8, 4) is 0 Å². The van der Waals surface area contributed by atoms with Crippen LogP contribution in [0, 0.1) is 0 Å². The predicted octanol–water partition coefficient (Wildman–Crippen LogP) is 1.30. The molecule has 0 aromatic heterocycles. The molecule has 5 heteroatoms. The van der Waals surface area contributed by atoms with Gasteiger partial charge in [0.2, 0.25) is 5.91 Å². The number of benzene rings is 1. The van der Waals surface area contributed by atoms with Crippen LogP contribution in [0.1, 0.15) is 11.1 Å². The molecule has 16 heavy (non-hydrogen) atoms. The highest BCUT2D eigenvalue weighted by Crippen LogP contribution is 2.13. The maximum absolute atomic E-state index is 11.0. The number of nitrogens with one attached hydrogen (secondary N) is 1. The molecule has 1 rings (SSSR count). The smallest absolute Gasteiger partial charge is 0.229 e. The van der Waals surface area contributed by atoms with E-state index in [-0.39, 0.29) is 5.91 Å². The summed E-state index contributed by atoms with van der Waals surface area (Å²) in [5.41, 5.74) is 7.53. The van der Waals surface area contributed by atoms with Crippen molar-refractivity contribution in [2.75, 3.05) is 12.8 Å². The van der Waals surface area contributed by atoms with Gasteiger partial charge in [-0.1, -0.05) is 30.4 Å². The fraction of sp³-hybridized carbons (Fsp3) is 0.273. The van der Waals surface area contributed by atoms with Crippen molar-refractivity contribution >= 4 is 34.9 Å². The van der Waals surface area contributed by atoms with E-state index in [4.69, 9.17) is 18.0 Å². The van der Waals surface area contributed by atoms with Crippen molar-refractivity contribution in [1.82, 2.24) is 5.32 Å². The lowest BCUT2D eigenvalue weighted by atomic mass is 10.1. The van der Waals surface area contributed by atoms with E-state index in [9.17, 15) is 4.79 Å². The summed E-state index contributed by atoms with van der Waals surface area (Å²) in [7, 11) is 1.64. The summed E-state index contributed by atoms with van der Waals surface area (Å²) in [6.07, 6.45) is 0. The molecule has 1 aromatic carbocycles. The topological polar surface area (TPSA) is 55.1 Å². The predicted molar refractivity (Wildman–Crippen MR) is 72.6 cm³/mol. The second kappa shape index (κ2) is 6.50. The molecule has 0 radical (unpaired) electrons. The third-order valence-electron chi connectivity index (χ3n) is 1.99. The number of carbonyl (C=O) groups excluding carboxylic acids is 1. The van der Waals surface area contributed by atoms with Crippen LogP contribution in [-0.4, -0.2) is 23.7 Å². The number of rotatable bonds is 5. The van der Waals surface area contributed by atoms with Crippen LogP contribution in [0.5, 0.6) is 0 Å². The standard InChI is InChI=1S/C11H14N2OS2/c1-13-10(14)7-16-6-8-3-2-4-9(5-8)11(12)15/h2-5H,6-7H2,1H3,(H2,12,15)(H,13,14). The van der Waals surface area contributed by atoms with E-state index in [0.29, 0.717) is 10.7 Å². The van der Waals surface area contributed by atoms with Gasteiger partial charge >= 0.3 is 0 Å². The van der Waals surface area contributed by atoms with Gasteiger partial charge in [0.05, 0.1) is 5.75 Å². The van der Waals surface area contributed by atoms with Crippen molar-refractivity contribution in [3.05, 3.63) is 35.4 Å². The molecule has 0 fully saturated rings. The maximum Gasteiger partial charge on any atom is 0.229 e. The van der Waals surface area contributed by atoms with E-state index in [0.717, 1.165) is 16.9 Å². The number of hydrogen-bond acceptors (Lipinski definition) is 3. The number of thioether (sulfide) groups is 1. The van der Waals surface area contributed by atoms with Gasteiger partial charge in [-0.25, -0.2) is 0 Å². The maximum atomic E-state index is 11.0. The quantitative estimate of drug-likeness (QED) is 0.778. The summed E-state index contributed by atoms with van der Waals surface area (Å²) >= 11 is 6.46. The molecule has 0 aliphatic rings. The monoisotopic (exact) mass is 254 g/mol. The average molecular weight is 254 g/mol. The van der Waals surface area contributed by atoms with Crippen molar-refractivity contribution < 1.29 is 4.79 Å². The fourth-order valence-corrected chi connectivity index (χ4v) is 2.12. The third kappa shape index (κ3) is 4.20. The highest BCUT2D eigenvalue weighted by atomic mass is 32.2. The molecule has 0 heterocycles. The molecular formula is C11H14N2OS2. The normalized spacial score (nSPS) is 9.81. The fourth-order valence-electron chi connectivity index (χ4n) is 1.15. The minimum absolute atomic E-state index is 0.0375. The zero-order chi connectivity index (χ0) is 12.0. The van der Waals surface area contributed by atoms with Crippen molar-refractivity contribution in [1.29, 1.82) is 0 Å². The van der Waals surface area contributed by atoms with Gasteiger partial charge in [-0.05, 0) is 11.6 Å². The molecule has 1 amide bonds. The second-order valence-electron chi connectivity index (χ2n) is 3.23. The Morgan fingerprint density at radius 1 is 1.56 bits per heavy atom. The molecule has 0 atom stereocenters. The van der Waals surface area contributed by atoms with Gasteiger partial charge in [0.1, 0.15) is 4.99 Å². The summed E-state index contributed by atoms with van der Waals surface area (Å²) in [5.74, 6) is 1.29. The number of hydrogen-bond donors (Lipinski definition) is 2. The Morgan fingerprint density at radius 2 is 2.31 bits per heavy atom. The van der Waals surface area contributed by atoms with Crippen molar-refractivity contribution in [2.45, 2.75) is 5.75 Å². The molecule has 0 aliphatic carbocycles. The van der Waals surface area contributed by atoms with Crippen molar-refractivity contribution in [2.24, 2.45) is 5.73 Å². The van der Waals surface area contributed by atoms with E-state index in [1.54, 1.807) is 18.8 Å². The number of carbonyl (C=O) groups is 1. The summed E-state index contributed by atoms with van der Waals surface area (Å²) in [4.78, 5) is 11.4. The van der Waals surface area contributed by atoms with Crippen LogP contribution in [0.25, 0.3) is 0 Å². The van der Waals surface area contributed by atoms with Gasteiger partial charge in [-0.2, -0.15) is 0 Å². The molecular weight excluding hydrogens is 240 g/mol. The van der Waals surface area contributed by atoms with Gasteiger partial charge in [-0.3, -0.25) is 4.79 Å². The van der Waals surface area contributed by atoms with Gasteiger partial charge in [0.25, 0.3) is 0 Å². The average Bonchev–Trinajstić information content (AvgIpc) is 2.29. The zero-order valence-electron chi connectivity index (χ0n) is 9.03. The third-order valence-corrected chi connectivity index (χ3v) is 3.23. The first kappa shape index (κ1) is 13.0. The Kier molecular flexibility index (Phi) is 5.28. The van der Waals surface area contributed by atoms with Crippen LogP contribution < -0.4 is 11.1 Å². The highest BCUT2D eigenvalue weighted by molar-refractivity contribution is 7.99. The minimum atomic E-state index is 0.0375. The van der Waals surface area contributed by atoms with Crippen molar-refractivity contribution in [3.63, 3.8) is 0 Å². The molecule has 0 bridgehead atoms. The Labute approximate surface area is 105 Å². The van der Waals surface area contributed by atoms with Crippen LogP contribution in [0.3, 0.4) is 0 Å². The van der Waals surface area contributed by atoms with E-state index >= 15 is 0 Å². The Bertz CT molecular complexity index is 393. The largest absolute Gasteiger partial charge is 0.389 e. The van der Waals surface area contributed by atoms with Gasteiger partial charge in [0, 0.05) is 18.4 Å². The molecule has 1 aromatic rings. The zero-order valence-corrected chi connectivity index (χ0v) is 10.7. The molecule has 0 spiro atoms. The molecule has 3 N–H and O–H groups in total. The molecule has 0 unspecified atom stereocenters. The molecule has 86 valence electrons. The summed E-state index contributed by atoms with van der Waals surface area (Å²) in [5, 5.41) is 2.58. The lowest BCUT2D eigenvalue weighted by Crippen LogP contribution is -2.19. The molecule has 0 saturated heterocycles. The van der Waals surface area contributed by atoms with E-state index < -0.39 is 0 Å². The first-order valence-corrected chi connectivity index (χ1v) is 6.37. The van der Waals surface area contributed by atoms with Crippen LogP contribution in [-0.2, 0) is 10.5 Å².